The van der Waals surface area contributed by atoms with Gasteiger partial charge in [-0.25, -0.2) is 8.42 Å². The second-order valence-electron chi connectivity index (χ2n) is 9.30. The number of fused-ring (bicyclic) bond motifs is 1. The summed E-state index contributed by atoms with van der Waals surface area (Å²) >= 11 is 0. The summed E-state index contributed by atoms with van der Waals surface area (Å²) in [6.07, 6.45) is 3.71. The number of nitrogens with zero attached hydrogens (tertiary/aromatic N) is 3. The lowest BCUT2D eigenvalue weighted by atomic mass is 10.0. The molecule has 5 rings (SSSR count). The van der Waals surface area contributed by atoms with E-state index in [0.717, 1.165) is 31.2 Å². The summed E-state index contributed by atoms with van der Waals surface area (Å²) in [4.78, 5) is 17.7. The fourth-order valence-electron chi connectivity index (χ4n) is 4.29. The summed E-state index contributed by atoms with van der Waals surface area (Å²) in [5, 5.41) is 7.01. The van der Waals surface area contributed by atoms with Gasteiger partial charge in [-0.05, 0) is 61.4 Å². The lowest BCUT2D eigenvalue weighted by molar-refractivity contribution is 0.0913. The highest BCUT2D eigenvalue weighted by molar-refractivity contribution is 7.92. The van der Waals surface area contributed by atoms with Gasteiger partial charge >= 0.3 is 0 Å². The number of carbonyl (C=O) groups is 1. The molecular weight excluding hydrogens is 452 g/mol. The van der Waals surface area contributed by atoms with Gasteiger partial charge in [0.05, 0.1) is 10.6 Å². The largest absolute Gasteiger partial charge is 0.340 e. The summed E-state index contributed by atoms with van der Waals surface area (Å²) in [5.41, 5.74) is 1.97. The van der Waals surface area contributed by atoms with E-state index in [0.29, 0.717) is 29.9 Å². The molecule has 1 aliphatic carbocycles. The second kappa shape index (κ2) is 8.87. The third-order valence-electron chi connectivity index (χ3n) is 6.37. The van der Waals surface area contributed by atoms with Crippen LogP contribution in [0.4, 0.5) is 5.69 Å². The van der Waals surface area contributed by atoms with Crippen molar-refractivity contribution in [2.75, 3.05) is 10.8 Å². The van der Waals surface area contributed by atoms with Gasteiger partial charge in [0.25, 0.3) is 15.9 Å². The average molecular weight is 481 g/mol. The quantitative estimate of drug-likeness (QED) is 0.543. The highest BCUT2D eigenvalue weighted by Crippen LogP contribution is 2.39. The molecule has 1 fully saturated rings. The van der Waals surface area contributed by atoms with E-state index in [9.17, 15) is 13.2 Å². The van der Waals surface area contributed by atoms with Crippen molar-refractivity contribution in [2.45, 2.75) is 56.4 Å². The van der Waals surface area contributed by atoms with Crippen LogP contribution >= 0.6 is 0 Å². The molecule has 0 radical (unpaired) electrons. The molecule has 2 aromatic carbocycles. The maximum atomic E-state index is 13.5. The van der Waals surface area contributed by atoms with Crippen molar-refractivity contribution in [3.63, 3.8) is 0 Å². The minimum atomic E-state index is -3.82. The molecule has 0 saturated heterocycles. The van der Waals surface area contributed by atoms with E-state index in [1.54, 1.807) is 12.1 Å². The van der Waals surface area contributed by atoms with Crippen molar-refractivity contribution in [3.8, 4) is 0 Å². The van der Waals surface area contributed by atoms with E-state index in [1.165, 1.54) is 16.4 Å². The Kier molecular flexibility index (Phi) is 5.89. The van der Waals surface area contributed by atoms with Crippen LogP contribution < -0.4 is 9.62 Å². The number of carbonyl (C=O) groups excluding carboxylic acids is 1. The number of aryl methyl sites for hydroxylation is 1. The first-order chi connectivity index (χ1) is 16.3. The van der Waals surface area contributed by atoms with Gasteiger partial charge in [0, 0.05) is 18.0 Å². The fourth-order valence-corrected chi connectivity index (χ4v) is 5.88. The van der Waals surface area contributed by atoms with Crippen LogP contribution in [0.25, 0.3) is 0 Å². The molecule has 0 bridgehead atoms. The van der Waals surface area contributed by atoms with Gasteiger partial charge in [-0.1, -0.05) is 43.3 Å². The molecule has 9 heteroatoms. The number of aromatic nitrogens is 2. The first kappa shape index (κ1) is 22.6. The molecular formula is C25H28N4O4S. The van der Waals surface area contributed by atoms with Crippen molar-refractivity contribution in [1.82, 2.24) is 15.5 Å². The first-order valence-corrected chi connectivity index (χ1v) is 13.1. The monoisotopic (exact) mass is 480 g/mol. The van der Waals surface area contributed by atoms with Crippen molar-refractivity contribution in [2.24, 2.45) is 5.92 Å². The Morgan fingerprint density at radius 1 is 1.15 bits per heavy atom. The summed E-state index contributed by atoms with van der Waals surface area (Å²) in [5.74, 6) is 1.03. The van der Waals surface area contributed by atoms with E-state index < -0.39 is 16.1 Å². The molecule has 1 saturated carbocycles. The number of amides is 1. The second-order valence-corrected chi connectivity index (χ2v) is 11.2. The summed E-state index contributed by atoms with van der Waals surface area (Å²) in [7, 11) is -3.82. The van der Waals surface area contributed by atoms with Gasteiger partial charge in [0.1, 0.15) is 6.04 Å². The van der Waals surface area contributed by atoms with Crippen molar-refractivity contribution in [3.05, 3.63) is 71.4 Å². The highest BCUT2D eigenvalue weighted by Gasteiger charge is 2.32. The summed E-state index contributed by atoms with van der Waals surface area (Å²) in [6, 6.07) is 13.2. The van der Waals surface area contributed by atoms with Gasteiger partial charge in [0.2, 0.25) is 5.89 Å². The summed E-state index contributed by atoms with van der Waals surface area (Å²) < 4.78 is 33.9. The van der Waals surface area contributed by atoms with Crippen LogP contribution in [-0.2, 0) is 16.4 Å². The number of rotatable bonds is 7. The topological polar surface area (TPSA) is 105 Å². The molecule has 1 N–H and O–H groups in total. The van der Waals surface area contributed by atoms with Crippen LogP contribution in [0.3, 0.4) is 0 Å². The van der Waals surface area contributed by atoms with Gasteiger partial charge in [-0.3, -0.25) is 9.10 Å². The van der Waals surface area contributed by atoms with Gasteiger partial charge < -0.3 is 9.84 Å². The third kappa shape index (κ3) is 4.32. The van der Waals surface area contributed by atoms with Crippen LogP contribution in [0.1, 0.15) is 72.7 Å². The predicted molar refractivity (Wildman–Crippen MR) is 127 cm³/mol. The normalized spacial score (nSPS) is 16.9. The predicted octanol–water partition coefficient (Wildman–Crippen LogP) is 4.22. The number of sulfonamides is 1. The minimum absolute atomic E-state index is 0.00761. The average Bonchev–Trinajstić information content (AvgIpc) is 3.59. The van der Waals surface area contributed by atoms with Crippen molar-refractivity contribution >= 4 is 21.6 Å². The van der Waals surface area contributed by atoms with E-state index in [2.05, 4.69) is 15.5 Å². The third-order valence-corrected chi connectivity index (χ3v) is 8.18. The Morgan fingerprint density at radius 3 is 2.71 bits per heavy atom. The lowest BCUT2D eigenvalue weighted by Gasteiger charge is -2.30. The molecule has 0 spiro atoms. The summed E-state index contributed by atoms with van der Waals surface area (Å²) in [6.45, 7) is 4.33. The van der Waals surface area contributed by atoms with Crippen LogP contribution in [-0.4, -0.2) is 31.0 Å². The Balaban J connectivity index is 1.39. The SMILES string of the molecule is CC(C)C(NC(=O)c1cccc(S(=O)(=O)N2CCCc3ccccc32)c1)c1nc(C2CC2)no1. The van der Waals surface area contributed by atoms with Crippen LogP contribution in [0.2, 0.25) is 0 Å². The molecule has 178 valence electrons. The maximum absolute atomic E-state index is 13.5. The number of hydrogen-bond acceptors (Lipinski definition) is 6. The molecule has 1 amide bonds. The number of nitrogens with one attached hydrogen (secondary N) is 1. The van der Waals surface area contributed by atoms with Gasteiger partial charge in [-0.15, -0.1) is 0 Å². The molecule has 1 unspecified atom stereocenters. The van der Waals surface area contributed by atoms with E-state index in [-0.39, 0.29) is 22.3 Å². The zero-order valence-electron chi connectivity index (χ0n) is 19.3. The molecule has 8 nitrogen and oxygen atoms in total. The molecule has 2 heterocycles. The zero-order chi connectivity index (χ0) is 23.9. The highest BCUT2D eigenvalue weighted by atomic mass is 32.2. The van der Waals surface area contributed by atoms with E-state index in [1.807, 2.05) is 38.1 Å². The molecule has 34 heavy (non-hydrogen) atoms. The Hall–Kier alpha value is -3.20. The number of benzene rings is 2. The standard InChI is InChI=1S/C25H28N4O4S/c1-16(2)22(25-27-23(28-33-25)18-12-13-18)26-24(30)19-8-5-10-20(15-19)34(31,32)29-14-6-9-17-7-3-4-11-21(17)29/h3-5,7-8,10-11,15-16,18,22H,6,9,12-14H2,1-2H3,(H,26,30). The van der Waals surface area contributed by atoms with Crippen LogP contribution in [0, 0.1) is 5.92 Å². The van der Waals surface area contributed by atoms with Gasteiger partial charge in [0.15, 0.2) is 5.82 Å². The lowest BCUT2D eigenvalue weighted by Crippen LogP contribution is -2.36. The molecule has 1 atom stereocenters. The number of anilines is 1. The Labute approximate surface area is 199 Å². The van der Waals surface area contributed by atoms with E-state index >= 15 is 0 Å². The number of hydrogen-bond donors (Lipinski definition) is 1. The molecule has 1 aliphatic heterocycles. The van der Waals surface area contributed by atoms with Crippen molar-refractivity contribution < 1.29 is 17.7 Å². The number of para-hydroxylation sites is 1. The van der Waals surface area contributed by atoms with Gasteiger partial charge in [-0.2, -0.15) is 4.98 Å². The van der Waals surface area contributed by atoms with Crippen LogP contribution in [0.5, 0.6) is 0 Å². The van der Waals surface area contributed by atoms with Crippen LogP contribution in [0.15, 0.2) is 57.9 Å². The molecule has 2 aliphatic rings. The first-order valence-electron chi connectivity index (χ1n) is 11.7. The van der Waals surface area contributed by atoms with E-state index in [4.69, 9.17) is 4.52 Å². The molecule has 1 aromatic heterocycles. The zero-order valence-corrected chi connectivity index (χ0v) is 20.1. The smallest absolute Gasteiger partial charge is 0.264 e. The Morgan fingerprint density at radius 2 is 1.94 bits per heavy atom. The van der Waals surface area contributed by atoms with Crippen molar-refractivity contribution in [1.29, 1.82) is 0 Å². The minimum Gasteiger partial charge on any atom is -0.340 e. The fraction of sp³-hybridized carbons (Fsp3) is 0.400. The Bertz CT molecular complexity index is 1310. The molecule has 3 aromatic rings. The maximum Gasteiger partial charge on any atom is 0.264 e.